The minimum Gasteiger partial charge on any atom is -0.0619 e. The molecule has 0 nitrogen and oxygen atoms in total. The Labute approximate surface area is 211 Å². The van der Waals surface area contributed by atoms with Crippen LogP contribution in [0.5, 0.6) is 0 Å². The van der Waals surface area contributed by atoms with Crippen LogP contribution in [0.4, 0.5) is 0 Å². The molecule has 0 fully saturated rings. The zero-order valence-corrected chi connectivity index (χ0v) is 20.0. The van der Waals surface area contributed by atoms with E-state index in [0.717, 1.165) is 12.8 Å². The highest BCUT2D eigenvalue weighted by Crippen LogP contribution is 2.49. The molecule has 2 aliphatic rings. The molecule has 168 valence electrons. The SMILES string of the molecule is c1ccc2c(c1)Cc1c-2cccc1-c1c(-c2ccc3ccccc3c2)ccc2c1Cc1ccccc1-2. The van der Waals surface area contributed by atoms with Crippen molar-refractivity contribution in [3.8, 4) is 44.5 Å². The molecule has 0 heterocycles. The Balaban J connectivity index is 1.42. The second kappa shape index (κ2) is 7.54. The summed E-state index contributed by atoms with van der Waals surface area (Å²) in [6.45, 7) is 0. The number of benzene rings is 6. The molecule has 0 N–H and O–H groups in total. The highest BCUT2D eigenvalue weighted by atomic mass is 14.3. The molecular weight excluding hydrogens is 432 g/mol. The van der Waals surface area contributed by atoms with Gasteiger partial charge in [0.1, 0.15) is 0 Å². The van der Waals surface area contributed by atoms with Gasteiger partial charge in [-0.1, -0.05) is 115 Å². The number of hydrogen-bond donors (Lipinski definition) is 0. The summed E-state index contributed by atoms with van der Waals surface area (Å²) >= 11 is 0. The Morgan fingerprint density at radius 3 is 1.75 bits per heavy atom. The first-order chi connectivity index (χ1) is 17.8. The molecule has 0 amide bonds. The molecular formula is C36H24. The summed E-state index contributed by atoms with van der Waals surface area (Å²) < 4.78 is 0. The predicted molar refractivity (Wildman–Crippen MR) is 151 cm³/mol. The van der Waals surface area contributed by atoms with Crippen LogP contribution in [-0.4, -0.2) is 0 Å². The molecule has 0 heteroatoms. The van der Waals surface area contributed by atoms with Crippen LogP contribution in [0, 0.1) is 0 Å². The zero-order valence-electron chi connectivity index (χ0n) is 20.0. The summed E-state index contributed by atoms with van der Waals surface area (Å²) in [4.78, 5) is 0. The van der Waals surface area contributed by atoms with Gasteiger partial charge in [-0.05, 0) is 96.4 Å². The van der Waals surface area contributed by atoms with Crippen molar-refractivity contribution in [2.75, 3.05) is 0 Å². The molecule has 0 aliphatic heterocycles. The molecule has 0 atom stereocenters. The van der Waals surface area contributed by atoms with Gasteiger partial charge in [-0.2, -0.15) is 0 Å². The lowest BCUT2D eigenvalue weighted by atomic mass is 9.84. The maximum absolute atomic E-state index is 2.36. The first kappa shape index (κ1) is 19.8. The minimum absolute atomic E-state index is 0.985. The van der Waals surface area contributed by atoms with Gasteiger partial charge in [0.15, 0.2) is 0 Å². The maximum Gasteiger partial charge on any atom is -0.000706 e. The van der Waals surface area contributed by atoms with Gasteiger partial charge in [0.25, 0.3) is 0 Å². The smallest absolute Gasteiger partial charge is 0.000706 e. The van der Waals surface area contributed by atoms with Crippen LogP contribution in [-0.2, 0) is 12.8 Å². The summed E-state index contributed by atoms with van der Waals surface area (Å²) in [7, 11) is 0. The molecule has 0 bridgehead atoms. The van der Waals surface area contributed by atoms with Gasteiger partial charge < -0.3 is 0 Å². The van der Waals surface area contributed by atoms with Crippen LogP contribution < -0.4 is 0 Å². The van der Waals surface area contributed by atoms with Gasteiger partial charge in [-0.3, -0.25) is 0 Å². The zero-order chi connectivity index (χ0) is 23.6. The molecule has 0 aromatic heterocycles. The highest BCUT2D eigenvalue weighted by molar-refractivity contribution is 5.98. The van der Waals surface area contributed by atoms with Crippen molar-refractivity contribution in [1.29, 1.82) is 0 Å². The van der Waals surface area contributed by atoms with Crippen LogP contribution in [0.3, 0.4) is 0 Å². The maximum atomic E-state index is 2.36. The molecule has 36 heavy (non-hydrogen) atoms. The van der Waals surface area contributed by atoms with Gasteiger partial charge in [0.05, 0.1) is 0 Å². The van der Waals surface area contributed by atoms with Crippen LogP contribution >= 0.6 is 0 Å². The van der Waals surface area contributed by atoms with Gasteiger partial charge in [0.2, 0.25) is 0 Å². The van der Waals surface area contributed by atoms with Crippen molar-refractivity contribution >= 4 is 10.8 Å². The normalized spacial score (nSPS) is 12.8. The van der Waals surface area contributed by atoms with Crippen molar-refractivity contribution in [2.24, 2.45) is 0 Å². The van der Waals surface area contributed by atoms with Crippen LogP contribution in [0.1, 0.15) is 22.3 Å². The topological polar surface area (TPSA) is 0 Å². The van der Waals surface area contributed by atoms with E-state index in [2.05, 4.69) is 121 Å². The lowest BCUT2D eigenvalue weighted by molar-refractivity contribution is 1.24. The van der Waals surface area contributed by atoms with Gasteiger partial charge >= 0.3 is 0 Å². The fraction of sp³-hybridized carbons (Fsp3) is 0.0556. The van der Waals surface area contributed by atoms with E-state index in [1.165, 1.54) is 77.5 Å². The van der Waals surface area contributed by atoms with E-state index >= 15 is 0 Å². The predicted octanol–water partition coefficient (Wildman–Crippen LogP) is 9.32. The summed E-state index contributed by atoms with van der Waals surface area (Å²) in [5.41, 5.74) is 16.7. The largest absolute Gasteiger partial charge is 0.0619 e. The van der Waals surface area contributed by atoms with Crippen molar-refractivity contribution < 1.29 is 0 Å². The third-order valence-electron chi connectivity index (χ3n) is 8.17. The molecule has 0 spiro atoms. The Bertz CT molecular complexity index is 1840. The summed E-state index contributed by atoms with van der Waals surface area (Å²) in [6, 6.07) is 45.0. The highest BCUT2D eigenvalue weighted by Gasteiger charge is 2.28. The molecule has 0 saturated carbocycles. The lowest BCUT2D eigenvalue weighted by Crippen LogP contribution is -1.96. The fourth-order valence-corrected chi connectivity index (χ4v) is 6.51. The first-order valence-electron chi connectivity index (χ1n) is 12.8. The van der Waals surface area contributed by atoms with E-state index in [-0.39, 0.29) is 0 Å². The van der Waals surface area contributed by atoms with Gasteiger partial charge in [-0.25, -0.2) is 0 Å². The second-order valence-electron chi connectivity index (χ2n) is 10.1. The molecule has 0 saturated heterocycles. The Hall–Kier alpha value is -4.42. The van der Waals surface area contributed by atoms with Crippen LogP contribution in [0.2, 0.25) is 0 Å². The van der Waals surface area contributed by atoms with Gasteiger partial charge in [0, 0.05) is 0 Å². The van der Waals surface area contributed by atoms with Crippen molar-refractivity contribution in [2.45, 2.75) is 12.8 Å². The summed E-state index contributed by atoms with van der Waals surface area (Å²) in [5.74, 6) is 0. The van der Waals surface area contributed by atoms with E-state index in [1.54, 1.807) is 0 Å². The number of fused-ring (bicyclic) bond motifs is 7. The second-order valence-corrected chi connectivity index (χ2v) is 10.1. The summed E-state index contributed by atoms with van der Waals surface area (Å²) in [6.07, 6.45) is 1.98. The average Bonchev–Trinajstić information content (AvgIpc) is 3.51. The quantitative estimate of drug-likeness (QED) is 0.243. The monoisotopic (exact) mass is 456 g/mol. The van der Waals surface area contributed by atoms with Crippen LogP contribution in [0.25, 0.3) is 55.3 Å². The number of hydrogen-bond acceptors (Lipinski definition) is 0. The lowest BCUT2D eigenvalue weighted by Gasteiger charge is -2.19. The molecule has 0 radical (unpaired) electrons. The van der Waals surface area contributed by atoms with E-state index < -0.39 is 0 Å². The molecule has 0 unspecified atom stereocenters. The Kier molecular flexibility index (Phi) is 4.15. The molecule has 8 rings (SSSR count). The molecule has 6 aromatic rings. The van der Waals surface area contributed by atoms with Gasteiger partial charge in [-0.15, -0.1) is 0 Å². The fourth-order valence-electron chi connectivity index (χ4n) is 6.51. The molecule has 6 aromatic carbocycles. The summed E-state index contributed by atoms with van der Waals surface area (Å²) in [5, 5.41) is 2.57. The first-order valence-corrected chi connectivity index (χ1v) is 12.8. The van der Waals surface area contributed by atoms with Crippen molar-refractivity contribution in [3.05, 3.63) is 144 Å². The van der Waals surface area contributed by atoms with Crippen molar-refractivity contribution in [3.63, 3.8) is 0 Å². The third kappa shape index (κ3) is 2.82. The van der Waals surface area contributed by atoms with Crippen molar-refractivity contribution in [1.82, 2.24) is 0 Å². The van der Waals surface area contributed by atoms with E-state index in [4.69, 9.17) is 0 Å². The van der Waals surface area contributed by atoms with E-state index in [1.807, 2.05) is 0 Å². The van der Waals surface area contributed by atoms with E-state index in [0.29, 0.717) is 0 Å². The Morgan fingerprint density at radius 2 is 0.944 bits per heavy atom. The van der Waals surface area contributed by atoms with Crippen LogP contribution in [0.15, 0.2) is 121 Å². The van der Waals surface area contributed by atoms with E-state index in [9.17, 15) is 0 Å². The molecule has 2 aliphatic carbocycles. The average molecular weight is 457 g/mol. The Morgan fingerprint density at radius 1 is 0.361 bits per heavy atom. The third-order valence-corrected chi connectivity index (χ3v) is 8.17. The minimum atomic E-state index is 0.985. The number of rotatable bonds is 2. The standard InChI is InChI=1S/C36H24/c1-2-9-24-20-27(17-16-23(24)8-1)30-18-19-32-29-13-6-4-11-26(29)22-35(32)36(30)33-15-7-14-31-28-12-5-3-10-25(28)21-34(31)33/h1-20H,21-22H2.